The van der Waals surface area contributed by atoms with Gasteiger partial charge in [-0.05, 0) is 72.3 Å². The Labute approximate surface area is 244 Å². The zero-order chi connectivity index (χ0) is 28.7. The molecule has 0 atom stereocenters. The zero-order valence-electron chi connectivity index (χ0n) is 22.6. The van der Waals surface area contributed by atoms with Crippen molar-refractivity contribution in [2.45, 2.75) is 0 Å². The number of para-hydroxylation sites is 2. The van der Waals surface area contributed by atoms with Crippen molar-refractivity contribution in [3.05, 3.63) is 126 Å². The van der Waals surface area contributed by atoms with Crippen LogP contribution in [-0.4, -0.2) is 4.57 Å². The van der Waals surface area contributed by atoms with Crippen molar-refractivity contribution < 1.29 is 8.83 Å². The molecule has 0 spiro atoms. The third-order valence-corrected chi connectivity index (χ3v) is 8.45. The van der Waals surface area contributed by atoms with Gasteiger partial charge in [-0.15, -0.1) is 0 Å². The van der Waals surface area contributed by atoms with Gasteiger partial charge in [-0.25, -0.2) is 0 Å². The maximum Gasteiger partial charge on any atom is 0.139 e. The summed E-state index contributed by atoms with van der Waals surface area (Å²) in [6.45, 7) is 0. The van der Waals surface area contributed by atoms with Gasteiger partial charge in [0.1, 0.15) is 22.3 Å². The normalized spacial score (nSPS) is 11.7. The fourth-order valence-corrected chi connectivity index (χ4v) is 6.50. The number of nitriles is 2. The van der Waals surface area contributed by atoms with Crippen LogP contribution in [0.3, 0.4) is 0 Å². The highest BCUT2D eigenvalue weighted by Gasteiger charge is 2.18. The van der Waals surface area contributed by atoms with Crippen LogP contribution in [0.25, 0.3) is 82.5 Å². The summed E-state index contributed by atoms with van der Waals surface area (Å²) < 4.78 is 14.7. The lowest BCUT2D eigenvalue weighted by Crippen LogP contribution is -1.98. The van der Waals surface area contributed by atoms with E-state index in [0.29, 0.717) is 16.7 Å². The van der Waals surface area contributed by atoms with Crippen molar-refractivity contribution in [1.82, 2.24) is 4.57 Å². The highest BCUT2D eigenvalue weighted by atomic mass is 16.3. The highest BCUT2D eigenvalue weighted by Crippen LogP contribution is 2.41. The topological polar surface area (TPSA) is 78.8 Å². The first-order valence-electron chi connectivity index (χ1n) is 14.0. The van der Waals surface area contributed by atoms with Crippen molar-refractivity contribution in [3.8, 4) is 29.0 Å². The van der Waals surface area contributed by atoms with E-state index in [2.05, 4.69) is 83.4 Å². The van der Waals surface area contributed by atoms with Crippen LogP contribution in [0.2, 0.25) is 0 Å². The van der Waals surface area contributed by atoms with Crippen LogP contribution in [0.1, 0.15) is 11.1 Å². The van der Waals surface area contributed by atoms with Gasteiger partial charge in [-0.3, -0.25) is 0 Å². The summed E-state index contributed by atoms with van der Waals surface area (Å²) in [7, 11) is 0. The number of hydrogen-bond donors (Lipinski definition) is 0. The minimum absolute atomic E-state index is 0.588. The molecule has 0 amide bonds. The van der Waals surface area contributed by atoms with Crippen molar-refractivity contribution in [1.29, 1.82) is 10.5 Å². The van der Waals surface area contributed by atoms with E-state index in [4.69, 9.17) is 8.83 Å². The standard InChI is InChI=1S/C38H19N3O2/c39-20-22-9-12-34(41-32-7-3-1-5-25(32)26-6-2-4-8-33(26)41)27(15-22)24-11-14-36-29(17-24)31-18-30-28-16-23(21-40)10-13-35(28)42-37(30)19-38(31)43-36/h1-19H. The van der Waals surface area contributed by atoms with Crippen LogP contribution in [-0.2, 0) is 0 Å². The molecule has 5 nitrogen and oxygen atoms in total. The molecule has 0 unspecified atom stereocenters. The lowest BCUT2D eigenvalue weighted by Gasteiger charge is -2.14. The summed E-state index contributed by atoms with van der Waals surface area (Å²) in [4.78, 5) is 0. The average molecular weight is 550 g/mol. The molecule has 9 aromatic rings. The predicted octanol–water partition coefficient (Wildman–Crippen LogP) is 9.99. The number of fused-ring (bicyclic) bond motifs is 9. The fourth-order valence-electron chi connectivity index (χ4n) is 6.50. The van der Waals surface area contributed by atoms with Gasteiger partial charge >= 0.3 is 0 Å². The van der Waals surface area contributed by atoms with Crippen LogP contribution < -0.4 is 0 Å². The van der Waals surface area contributed by atoms with E-state index >= 15 is 0 Å². The Bertz CT molecular complexity index is 2650. The van der Waals surface area contributed by atoms with Crippen molar-refractivity contribution in [2.24, 2.45) is 0 Å². The molecule has 3 heterocycles. The van der Waals surface area contributed by atoms with Gasteiger partial charge in [-0.2, -0.15) is 10.5 Å². The number of benzene rings is 6. The van der Waals surface area contributed by atoms with Gasteiger partial charge in [0, 0.05) is 43.9 Å². The number of nitrogens with zero attached hydrogens (tertiary/aromatic N) is 3. The van der Waals surface area contributed by atoms with Crippen molar-refractivity contribution in [3.63, 3.8) is 0 Å². The molecule has 198 valence electrons. The van der Waals surface area contributed by atoms with Gasteiger partial charge in [0.25, 0.3) is 0 Å². The van der Waals surface area contributed by atoms with Crippen molar-refractivity contribution >= 4 is 65.7 Å². The summed E-state index contributed by atoms with van der Waals surface area (Å²) in [5, 5.41) is 25.4. The molecule has 3 aromatic heterocycles. The molecule has 0 radical (unpaired) electrons. The van der Waals surface area contributed by atoms with Crippen LogP contribution in [0.4, 0.5) is 0 Å². The lowest BCUT2D eigenvalue weighted by atomic mass is 9.98. The molecule has 0 aliphatic rings. The molecule has 0 N–H and O–H groups in total. The molecule has 6 aromatic carbocycles. The SMILES string of the molecule is N#Cc1ccc(-n2c3ccccc3c3ccccc32)c(-c2ccc3oc4cc5oc6ccc(C#N)cc6c5cc4c3c2)c1. The van der Waals surface area contributed by atoms with Crippen LogP contribution >= 0.6 is 0 Å². The first kappa shape index (κ1) is 23.4. The molecular weight excluding hydrogens is 530 g/mol. The van der Waals surface area contributed by atoms with E-state index in [1.807, 2.05) is 42.5 Å². The Balaban J connectivity index is 1.32. The second kappa shape index (κ2) is 8.60. The second-order valence-electron chi connectivity index (χ2n) is 10.8. The third-order valence-electron chi connectivity index (χ3n) is 8.45. The maximum atomic E-state index is 9.86. The highest BCUT2D eigenvalue weighted by molar-refractivity contribution is 6.16. The largest absolute Gasteiger partial charge is 0.456 e. The molecular formula is C38H19N3O2. The number of furan rings is 2. The minimum Gasteiger partial charge on any atom is -0.456 e. The maximum absolute atomic E-state index is 9.86. The Morgan fingerprint density at radius 3 is 1.70 bits per heavy atom. The van der Waals surface area contributed by atoms with E-state index in [1.165, 1.54) is 10.8 Å². The van der Waals surface area contributed by atoms with E-state index in [1.54, 1.807) is 6.07 Å². The second-order valence-corrected chi connectivity index (χ2v) is 10.8. The quantitative estimate of drug-likeness (QED) is 0.215. The Kier molecular flexibility index (Phi) is 4.68. The zero-order valence-corrected chi connectivity index (χ0v) is 22.6. The van der Waals surface area contributed by atoms with Gasteiger partial charge < -0.3 is 13.4 Å². The summed E-state index contributed by atoms with van der Waals surface area (Å²) in [5.74, 6) is 0. The fraction of sp³-hybridized carbons (Fsp3) is 0. The molecule has 0 fully saturated rings. The molecule has 0 bridgehead atoms. The smallest absolute Gasteiger partial charge is 0.139 e. The Morgan fingerprint density at radius 1 is 0.465 bits per heavy atom. The van der Waals surface area contributed by atoms with E-state index in [-0.39, 0.29) is 0 Å². The molecule has 0 aliphatic carbocycles. The Hall–Kier alpha value is -6.30. The first-order chi connectivity index (χ1) is 21.2. The molecule has 0 aliphatic heterocycles. The number of rotatable bonds is 2. The average Bonchev–Trinajstić information content (AvgIpc) is 3.71. The predicted molar refractivity (Wildman–Crippen MR) is 170 cm³/mol. The first-order valence-corrected chi connectivity index (χ1v) is 14.0. The van der Waals surface area contributed by atoms with Gasteiger partial charge in [-0.1, -0.05) is 42.5 Å². The minimum atomic E-state index is 0.588. The molecule has 0 saturated carbocycles. The van der Waals surface area contributed by atoms with Crippen LogP contribution in [0.15, 0.2) is 124 Å². The lowest BCUT2D eigenvalue weighted by molar-refractivity contribution is 0.656. The van der Waals surface area contributed by atoms with E-state index in [0.717, 1.165) is 66.1 Å². The number of hydrogen-bond acceptors (Lipinski definition) is 4. The van der Waals surface area contributed by atoms with Crippen molar-refractivity contribution in [2.75, 3.05) is 0 Å². The van der Waals surface area contributed by atoms with Gasteiger partial charge in [0.05, 0.1) is 40.0 Å². The van der Waals surface area contributed by atoms with E-state index in [9.17, 15) is 10.5 Å². The molecule has 5 heteroatoms. The van der Waals surface area contributed by atoms with Gasteiger partial charge in [0.2, 0.25) is 0 Å². The van der Waals surface area contributed by atoms with Gasteiger partial charge in [0.15, 0.2) is 0 Å². The van der Waals surface area contributed by atoms with E-state index < -0.39 is 0 Å². The summed E-state index contributed by atoms with van der Waals surface area (Å²) >= 11 is 0. The van der Waals surface area contributed by atoms with Crippen LogP contribution in [0, 0.1) is 22.7 Å². The third kappa shape index (κ3) is 3.31. The number of aromatic nitrogens is 1. The summed E-state index contributed by atoms with van der Waals surface area (Å²) in [6, 6.07) is 43.0. The molecule has 9 rings (SSSR count). The summed E-state index contributed by atoms with van der Waals surface area (Å²) in [6.07, 6.45) is 0. The molecule has 0 saturated heterocycles. The monoisotopic (exact) mass is 549 g/mol. The Morgan fingerprint density at radius 2 is 1.02 bits per heavy atom. The van der Waals surface area contributed by atoms with Crippen LogP contribution in [0.5, 0.6) is 0 Å². The molecule has 43 heavy (non-hydrogen) atoms. The summed E-state index contributed by atoms with van der Waals surface area (Å²) in [5.41, 5.74) is 9.27.